The molecule has 27 heavy (non-hydrogen) atoms. The number of benzene rings is 1. The largest absolute Gasteiger partial charge is 0.493 e. The van der Waals surface area contributed by atoms with Crippen molar-refractivity contribution in [1.29, 1.82) is 0 Å². The number of aryl methyl sites for hydroxylation is 2. The molecule has 0 aliphatic heterocycles. The normalized spacial score (nSPS) is 10.7. The molecule has 0 aliphatic carbocycles. The smallest absolute Gasteiger partial charge is 0.161 e. The Bertz CT molecular complexity index is 903. The fraction of sp³-hybridized carbons (Fsp3) is 0.333. The monoisotopic (exact) mass is 366 g/mol. The van der Waals surface area contributed by atoms with Crippen molar-refractivity contribution >= 4 is 5.82 Å². The summed E-state index contributed by atoms with van der Waals surface area (Å²) in [6, 6.07) is 12.2. The zero-order valence-corrected chi connectivity index (χ0v) is 16.6. The molecule has 0 fully saturated rings. The molecule has 0 bridgehead atoms. The van der Waals surface area contributed by atoms with Gasteiger partial charge in [-0.2, -0.15) is 5.10 Å². The summed E-state index contributed by atoms with van der Waals surface area (Å²) in [4.78, 5) is 6.72. The third kappa shape index (κ3) is 4.39. The highest BCUT2D eigenvalue weighted by molar-refractivity contribution is 5.45. The van der Waals surface area contributed by atoms with Gasteiger partial charge in [-0.1, -0.05) is 12.1 Å². The van der Waals surface area contributed by atoms with Crippen LogP contribution in [0.4, 0.5) is 5.82 Å². The molecule has 2 aromatic heterocycles. The van der Waals surface area contributed by atoms with E-state index in [2.05, 4.69) is 34.0 Å². The van der Waals surface area contributed by atoms with Crippen molar-refractivity contribution in [3.05, 3.63) is 65.1 Å². The lowest BCUT2D eigenvalue weighted by molar-refractivity contribution is 0.354. The van der Waals surface area contributed by atoms with Crippen molar-refractivity contribution in [2.24, 2.45) is 0 Å². The molecule has 0 saturated carbocycles. The Morgan fingerprint density at radius 2 is 1.70 bits per heavy atom. The van der Waals surface area contributed by atoms with E-state index in [1.807, 2.05) is 49.1 Å². The molecule has 142 valence electrons. The topological polar surface area (TPSA) is 52.4 Å². The SMILES string of the molecule is COc1ccc(CN(C)c2ccc(Cn3nc(C)cc3C)cn2)cc1OC. The fourth-order valence-corrected chi connectivity index (χ4v) is 3.08. The number of methoxy groups -OCH3 is 2. The molecular weight excluding hydrogens is 340 g/mol. The van der Waals surface area contributed by atoms with Crippen molar-refractivity contribution in [3.8, 4) is 11.5 Å². The molecule has 0 saturated heterocycles. The van der Waals surface area contributed by atoms with Crippen molar-refractivity contribution in [2.75, 3.05) is 26.2 Å². The number of ether oxygens (including phenoxy) is 2. The van der Waals surface area contributed by atoms with E-state index in [1.165, 1.54) is 0 Å². The lowest BCUT2D eigenvalue weighted by Crippen LogP contribution is -2.17. The Labute approximate surface area is 160 Å². The van der Waals surface area contributed by atoms with Gasteiger partial charge in [0.05, 0.1) is 26.5 Å². The van der Waals surface area contributed by atoms with Gasteiger partial charge in [0.25, 0.3) is 0 Å². The standard InChI is InChI=1S/C21H26N4O2/c1-15-10-16(2)25(23-15)14-18-7-9-21(22-12-18)24(3)13-17-6-8-19(26-4)20(11-17)27-5/h6-12H,13-14H2,1-5H3. The Morgan fingerprint density at radius 3 is 2.30 bits per heavy atom. The maximum absolute atomic E-state index is 5.38. The summed E-state index contributed by atoms with van der Waals surface area (Å²) in [6.07, 6.45) is 1.91. The molecule has 0 atom stereocenters. The third-order valence-corrected chi connectivity index (χ3v) is 4.50. The van der Waals surface area contributed by atoms with E-state index in [1.54, 1.807) is 14.2 Å². The first kappa shape index (κ1) is 18.8. The minimum atomic E-state index is 0.726. The Hall–Kier alpha value is -3.02. The molecule has 6 nitrogen and oxygen atoms in total. The van der Waals surface area contributed by atoms with Crippen molar-refractivity contribution < 1.29 is 9.47 Å². The van der Waals surface area contributed by atoms with Gasteiger partial charge < -0.3 is 14.4 Å². The Balaban J connectivity index is 1.68. The summed E-state index contributed by atoms with van der Waals surface area (Å²) >= 11 is 0. The molecule has 0 spiro atoms. The lowest BCUT2D eigenvalue weighted by Gasteiger charge is -2.19. The maximum atomic E-state index is 5.38. The van der Waals surface area contributed by atoms with Crippen LogP contribution >= 0.6 is 0 Å². The predicted octanol–water partition coefficient (Wildman–Crippen LogP) is 3.60. The summed E-state index contributed by atoms with van der Waals surface area (Å²) in [7, 11) is 5.31. The second-order valence-corrected chi connectivity index (χ2v) is 6.65. The number of rotatable bonds is 7. The van der Waals surface area contributed by atoms with Gasteiger partial charge in [0.15, 0.2) is 11.5 Å². The van der Waals surface area contributed by atoms with Gasteiger partial charge in [-0.25, -0.2) is 4.98 Å². The van der Waals surface area contributed by atoms with Crippen LogP contribution in [0.5, 0.6) is 11.5 Å². The van der Waals surface area contributed by atoms with Crippen LogP contribution in [0.2, 0.25) is 0 Å². The van der Waals surface area contributed by atoms with Crippen LogP contribution in [0, 0.1) is 13.8 Å². The van der Waals surface area contributed by atoms with Crippen LogP contribution in [-0.2, 0) is 13.1 Å². The van der Waals surface area contributed by atoms with Gasteiger partial charge in [0.2, 0.25) is 0 Å². The second kappa shape index (κ2) is 8.12. The average molecular weight is 366 g/mol. The summed E-state index contributed by atoms with van der Waals surface area (Å²) < 4.78 is 12.7. The van der Waals surface area contributed by atoms with E-state index in [9.17, 15) is 0 Å². The van der Waals surface area contributed by atoms with Crippen molar-refractivity contribution in [1.82, 2.24) is 14.8 Å². The van der Waals surface area contributed by atoms with Gasteiger partial charge in [-0.05, 0) is 49.2 Å². The molecule has 3 rings (SSSR count). The van der Waals surface area contributed by atoms with Gasteiger partial charge >= 0.3 is 0 Å². The molecule has 2 heterocycles. The van der Waals surface area contributed by atoms with E-state index in [0.717, 1.165) is 52.9 Å². The maximum Gasteiger partial charge on any atom is 0.161 e. The van der Waals surface area contributed by atoms with Crippen molar-refractivity contribution in [3.63, 3.8) is 0 Å². The van der Waals surface area contributed by atoms with Crippen LogP contribution in [0.1, 0.15) is 22.5 Å². The van der Waals surface area contributed by atoms with Crippen LogP contribution in [0.3, 0.4) is 0 Å². The minimum absolute atomic E-state index is 0.726. The summed E-state index contributed by atoms with van der Waals surface area (Å²) in [6.45, 7) is 5.53. The zero-order chi connectivity index (χ0) is 19.4. The highest BCUT2D eigenvalue weighted by atomic mass is 16.5. The molecular formula is C21H26N4O2. The fourth-order valence-electron chi connectivity index (χ4n) is 3.08. The number of pyridine rings is 1. The van der Waals surface area contributed by atoms with E-state index in [-0.39, 0.29) is 0 Å². The second-order valence-electron chi connectivity index (χ2n) is 6.65. The highest BCUT2D eigenvalue weighted by Gasteiger charge is 2.09. The van der Waals surface area contributed by atoms with Crippen LogP contribution in [0.15, 0.2) is 42.6 Å². The van der Waals surface area contributed by atoms with E-state index in [0.29, 0.717) is 0 Å². The number of hydrogen-bond acceptors (Lipinski definition) is 5. The molecule has 0 radical (unpaired) electrons. The molecule has 0 unspecified atom stereocenters. The predicted molar refractivity (Wildman–Crippen MR) is 107 cm³/mol. The first-order valence-corrected chi connectivity index (χ1v) is 8.88. The van der Waals surface area contributed by atoms with Crippen LogP contribution in [0.25, 0.3) is 0 Å². The lowest BCUT2D eigenvalue weighted by atomic mass is 10.2. The summed E-state index contributed by atoms with van der Waals surface area (Å²) in [5.74, 6) is 2.38. The van der Waals surface area contributed by atoms with Crippen LogP contribution < -0.4 is 14.4 Å². The zero-order valence-electron chi connectivity index (χ0n) is 16.6. The summed E-state index contributed by atoms with van der Waals surface area (Å²) in [5, 5.41) is 4.51. The van der Waals surface area contributed by atoms with Crippen molar-refractivity contribution in [2.45, 2.75) is 26.9 Å². The van der Waals surface area contributed by atoms with Gasteiger partial charge in [-0.3, -0.25) is 4.68 Å². The molecule has 1 aromatic carbocycles. The van der Waals surface area contributed by atoms with Gasteiger partial charge in [0.1, 0.15) is 5.82 Å². The van der Waals surface area contributed by atoms with E-state index < -0.39 is 0 Å². The number of aromatic nitrogens is 3. The highest BCUT2D eigenvalue weighted by Crippen LogP contribution is 2.28. The first-order valence-electron chi connectivity index (χ1n) is 8.88. The van der Waals surface area contributed by atoms with Gasteiger partial charge in [0, 0.05) is 25.5 Å². The number of anilines is 1. The quantitative estimate of drug-likeness (QED) is 0.639. The Kier molecular flexibility index (Phi) is 5.64. The van der Waals surface area contributed by atoms with Gasteiger partial charge in [-0.15, -0.1) is 0 Å². The van der Waals surface area contributed by atoms with E-state index >= 15 is 0 Å². The molecule has 6 heteroatoms. The molecule has 0 N–H and O–H groups in total. The molecule has 0 amide bonds. The number of hydrogen-bond donors (Lipinski definition) is 0. The Morgan fingerprint density at radius 1 is 0.963 bits per heavy atom. The molecule has 0 aliphatic rings. The number of nitrogens with zero attached hydrogens (tertiary/aromatic N) is 4. The average Bonchev–Trinajstić information content (AvgIpc) is 2.99. The third-order valence-electron chi connectivity index (χ3n) is 4.50. The minimum Gasteiger partial charge on any atom is -0.493 e. The first-order chi connectivity index (χ1) is 13.0. The molecule has 3 aromatic rings. The van der Waals surface area contributed by atoms with E-state index in [4.69, 9.17) is 9.47 Å². The summed E-state index contributed by atoms with van der Waals surface area (Å²) in [5.41, 5.74) is 4.45. The van der Waals surface area contributed by atoms with Crippen LogP contribution in [-0.4, -0.2) is 36.0 Å².